The molecular weight excluding hydrogens is 286 g/mol. The van der Waals surface area contributed by atoms with Crippen molar-refractivity contribution in [1.29, 1.82) is 0 Å². The second-order valence-electron chi connectivity index (χ2n) is 6.33. The molecule has 0 unspecified atom stereocenters. The Kier molecular flexibility index (Phi) is 4.23. The van der Waals surface area contributed by atoms with Crippen molar-refractivity contribution in [3.63, 3.8) is 0 Å². The average molecular weight is 308 g/mol. The van der Waals surface area contributed by atoms with Crippen LogP contribution in [0.3, 0.4) is 0 Å². The number of hydrogen-bond acceptors (Lipinski definition) is 4. The molecule has 5 nitrogen and oxygen atoms in total. The van der Waals surface area contributed by atoms with Crippen LogP contribution in [0.5, 0.6) is 0 Å². The summed E-state index contributed by atoms with van der Waals surface area (Å²) in [6, 6.07) is 0. The molecule has 21 heavy (non-hydrogen) atoms. The molecule has 0 saturated carbocycles. The second-order valence-corrected chi connectivity index (χ2v) is 6.69. The smallest absolute Gasteiger partial charge is 0.137 e. The maximum atomic E-state index is 6.23. The Morgan fingerprint density at radius 2 is 1.90 bits per heavy atom. The van der Waals surface area contributed by atoms with Crippen LogP contribution in [0.1, 0.15) is 43.4 Å². The molecule has 0 spiro atoms. The van der Waals surface area contributed by atoms with Crippen molar-refractivity contribution in [2.45, 2.75) is 46.6 Å². The minimum absolute atomic E-state index is 0.141. The first-order chi connectivity index (χ1) is 9.68. The summed E-state index contributed by atoms with van der Waals surface area (Å²) in [4.78, 5) is 9.00. The Bertz CT molecular complexity index is 655. The van der Waals surface area contributed by atoms with Crippen LogP contribution >= 0.6 is 11.6 Å². The quantitative estimate of drug-likeness (QED) is 0.883. The van der Waals surface area contributed by atoms with Crippen molar-refractivity contribution in [3.05, 3.63) is 34.0 Å². The van der Waals surface area contributed by atoms with Crippen molar-refractivity contribution in [3.8, 4) is 0 Å². The van der Waals surface area contributed by atoms with E-state index in [2.05, 4.69) is 41.2 Å². The molecule has 2 aromatic rings. The molecule has 0 aliphatic heterocycles. The van der Waals surface area contributed by atoms with Gasteiger partial charge in [0.05, 0.1) is 5.69 Å². The molecule has 0 fully saturated rings. The van der Waals surface area contributed by atoms with Gasteiger partial charge in [0.1, 0.15) is 16.8 Å². The lowest BCUT2D eigenvalue weighted by Crippen LogP contribution is -2.18. The summed E-state index contributed by atoms with van der Waals surface area (Å²) in [5.74, 6) is 1.52. The predicted molar refractivity (Wildman–Crippen MR) is 85.8 cm³/mol. The molecule has 6 heteroatoms. The maximum Gasteiger partial charge on any atom is 0.137 e. The van der Waals surface area contributed by atoms with Gasteiger partial charge in [-0.3, -0.25) is 4.68 Å². The van der Waals surface area contributed by atoms with E-state index in [0.717, 1.165) is 28.5 Å². The molecule has 2 heterocycles. The van der Waals surface area contributed by atoms with E-state index in [1.54, 1.807) is 0 Å². The van der Waals surface area contributed by atoms with Crippen LogP contribution in [0.25, 0.3) is 0 Å². The van der Waals surface area contributed by atoms with Gasteiger partial charge in [0.25, 0.3) is 0 Å². The Labute approximate surface area is 130 Å². The van der Waals surface area contributed by atoms with Gasteiger partial charge in [-0.05, 0) is 13.8 Å². The largest absolute Gasteiger partial charge is 0.365 e. The van der Waals surface area contributed by atoms with Gasteiger partial charge in [0.15, 0.2) is 0 Å². The molecule has 0 atom stereocenters. The van der Waals surface area contributed by atoms with E-state index in [4.69, 9.17) is 11.6 Å². The molecule has 1 N–H and O–H groups in total. The van der Waals surface area contributed by atoms with Crippen LogP contribution in [-0.4, -0.2) is 19.7 Å². The third-order valence-corrected chi connectivity index (χ3v) is 3.69. The van der Waals surface area contributed by atoms with E-state index in [1.165, 1.54) is 0 Å². The van der Waals surface area contributed by atoms with Gasteiger partial charge in [-0.1, -0.05) is 32.4 Å². The summed E-state index contributed by atoms with van der Waals surface area (Å²) in [6.45, 7) is 10.8. The summed E-state index contributed by atoms with van der Waals surface area (Å²) in [5.41, 5.74) is 2.88. The zero-order chi connectivity index (χ0) is 15.8. The zero-order valence-corrected chi connectivity index (χ0v) is 14.2. The van der Waals surface area contributed by atoms with Gasteiger partial charge in [-0.15, -0.1) is 0 Å². The fraction of sp³-hybridized carbons (Fsp3) is 0.533. The molecule has 114 valence electrons. The van der Waals surface area contributed by atoms with Gasteiger partial charge in [-0.2, -0.15) is 5.10 Å². The molecule has 0 saturated heterocycles. The Hall–Kier alpha value is -1.62. The van der Waals surface area contributed by atoms with Gasteiger partial charge in [0.2, 0.25) is 0 Å². The van der Waals surface area contributed by atoms with E-state index in [1.807, 2.05) is 31.8 Å². The summed E-state index contributed by atoms with van der Waals surface area (Å²) in [6.07, 6.45) is 2.01. The van der Waals surface area contributed by atoms with E-state index in [-0.39, 0.29) is 5.41 Å². The SMILES string of the molecule is Cc1nn(C)cc1CNc1nc(C(C)(C)C)nc(Cl)c1C. The standard InChI is InChI=1S/C15H22ClN5/c1-9-12(16)18-14(15(3,4)5)19-13(9)17-7-11-8-21(6)20-10(11)2/h8H,7H2,1-6H3,(H,17,18,19). The number of rotatable bonds is 3. The Morgan fingerprint density at radius 1 is 1.24 bits per heavy atom. The van der Waals surface area contributed by atoms with Gasteiger partial charge in [0, 0.05) is 36.3 Å². The van der Waals surface area contributed by atoms with Crippen LogP contribution in [0, 0.1) is 13.8 Å². The third kappa shape index (κ3) is 3.53. The van der Waals surface area contributed by atoms with Crippen molar-refractivity contribution in [2.75, 3.05) is 5.32 Å². The number of nitrogens with one attached hydrogen (secondary N) is 1. The first kappa shape index (κ1) is 15.8. The summed E-state index contributed by atoms with van der Waals surface area (Å²) in [7, 11) is 1.92. The Balaban J connectivity index is 2.27. The number of halogens is 1. The van der Waals surface area contributed by atoms with Crippen molar-refractivity contribution in [2.24, 2.45) is 7.05 Å². The zero-order valence-electron chi connectivity index (χ0n) is 13.5. The minimum atomic E-state index is -0.141. The highest BCUT2D eigenvalue weighted by atomic mass is 35.5. The normalized spacial score (nSPS) is 11.8. The monoisotopic (exact) mass is 307 g/mol. The van der Waals surface area contributed by atoms with E-state index < -0.39 is 0 Å². The number of aryl methyl sites for hydroxylation is 2. The molecule has 0 aromatic carbocycles. The molecule has 0 aliphatic carbocycles. The molecule has 0 radical (unpaired) electrons. The van der Waals surface area contributed by atoms with Crippen LogP contribution in [0.2, 0.25) is 5.15 Å². The lowest BCUT2D eigenvalue weighted by atomic mass is 9.95. The minimum Gasteiger partial charge on any atom is -0.365 e. The molecule has 0 aliphatic rings. The predicted octanol–water partition coefficient (Wildman–Crippen LogP) is 3.39. The maximum absolute atomic E-state index is 6.23. The lowest BCUT2D eigenvalue weighted by Gasteiger charge is -2.19. The molecule has 2 aromatic heterocycles. The number of nitrogens with zero attached hydrogens (tertiary/aromatic N) is 4. The van der Waals surface area contributed by atoms with Gasteiger partial charge >= 0.3 is 0 Å². The van der Waals surface area contributed by atoms with Crippen LogP contribution in [-0.2, 0) is 19.0 Å². The van der Waals surface area contributed by atoms with Crippen LogP contribution in [0.15, 0.2) is 6.20 Å². The lowest BCUT2D eigenvalue weighted by molar-refractivity contribution is 0.545. The summed E-state index contributed by atoms with van der Waals surface area (Å²) >= 11 is 6.23. The molecule has 2 rings (SSSR count). The van der Waals surface area contributed by atoms with E-state index in [0.29, 0.717) is 11.7 Å². The Morgan fingerprint density at radius 3 is 2.43 bits per heavy atom. The highest BCUT2D eigenvalue weighted by Gasteiger charge is 2.20. The first-order valence-corrected chi connectivity index (χ1v) is 7.34. The third-order valence-electron chi connectivity index (χ3n) is 3.32. The summed E-state index contributed by atoms with van der Waals surface area (Å²) < 4.78 is 1.81. The second kappa shape index (κ2) is 5.64. The van der Waals surface area contributed by atoms with E-state index >= 15 is 0 Å². The molecular formula is C15H22ClN5. The first-order valence-electron chi connectivity index (χ1n) is 6.96. The van der Waals surface area contributed by atoms with Crippen LogP contribution < -0.4 is 5.32 Å². The highest BCUT2D eigenvalue weighted by molar-refractivity contribution is 6.30. The fourth-order valence-corrected chi connectivity index (χ4v) is 2.17. The van der Waals surface area contributed by atoms with Gasteiger partial charge < -0.3 is 5.32 Å². The summed E-state index contributed by atoms with van der Waals surface area (Å²) in [5, 5.41) is 8.19. The number of anilines is 1. The topological polar surface area (TPSA) is 55.6 Å². The average Bonchev–Trinajstić information content (AvgIpc) is 2.68. The fourth-order valence-electron chi connectivity index (χ4n) is 2.00. The van der Waals surface area contributed by atoms with Crippen molar-refractivity contribution < 1.29 is 0 Å². The molecule has 0 bridgehead atoms. The van der Waals surface area contributed by atoms with Crippen molar-refractivity contribution in [1.82, 2.24) is 19.7 Å². The number of hydrogen-bond donors (Lipinski definition) is 1. The molecule has 0 amide bonds. The van der Waals surface area contributed by atoms with Crippen LogP contribution in [0.4, 0.5) is 5.82 Å². The van der Waals surface area contributed by atoms with Gasteiger partial charge in [-0.25, -0.2) is 9.97 Å². The highest BCUT2D eigenvalue weighted by Crippen LogP contribution is 2.26. The van der Waals surface area contributed by atoms with E-state index in [9.17, 15) is 0 Å². The number of aromatic nitrogens is 4. The van der Waals surface area contributed by atoms with Crippen molar-refractivity contribution >= 4 is 17.4 Å².